The van der Waals surface area contributed by atoms with Gasteiger partial charge < -0.3 is 30.2 Å². The predicted molar refractivity (Wildman–Crippen MR) is 125 cm³/mol. The van der Waals surface area contributed by atoms with Crippen molar-refractivity contribution in [3.8, 4) is 17.2 Å². The third kappa shape index (κ3) is 4.50. The van der Waals surface area contributed by atoms with E-state index in [2.05, 4.69) is 31.0 Å². The minimum absolute atomic E-state index is 0.305. The van der Waals surface area contributed by atoms with Gasteiger partial charge in [-0.3, -0.25) is 4.79 Å². The number of amides is 1. The summed E-state index contributed by atoms with van der Waals surface area (Å²) >= 11 is 0. The van der Waals surface area contributed by atoms with Crippen LogP contribution in [0.4, 0.5) is 17.1 Å². The molecule has 0 aromatic heterocycles. The molecule has 0 saturated carbocycles. The maximum Gasteiger partial charge on any atom is 0.255 e. The molecule has 0 spiro atoms. The summed E-state index contributed by atoms with van der Waals surface area (Å²) in [6.45, 7) is 6.56. The number of nitrogen functional groups attached to an aromatic ring is 1. The first-order valence-corrected chi connectivity index (χ1v) is 10.6. The number of nitrogens with zero attached hydrogens (tertiary/aromatic N) is 1. The molecule has 31 heavy (non-hydrogen) atoms. The van der Waals surface area contributed by atoms with Crippen LogP contribution in [0, 0.1) is 6.92 Å². The van der Waals surface area contributed by atoms with Crippen LogP contribution in [0.2, 0.25) is 0 Å². The standard InChI is InChI=1S/C24H33N3O4/c1-14-10-18(25)19(13-20(14)27-15(2)8-7-9-16(27)3)26-24(28)17-11-21(29-4)23(31-6)22(12-17)30-5/h10-13,15-16H,7-9,25H2,1-6H3,(H,26,28). The highest BCUT2D eigenvalue weighted by molar-refractivity contribution is 6.07. The minimum atomic E-state index is -0.305. The van der Waals surface area contributed by atoms with Gasteiger partial charge in [-0.05, 0) is 69.9 Å². The average Bonchev–Trinajstić information content (AvgIpc) is 2.75. The maximum atomic E-state index is 13.1. The van der Waals surface area contributed by atoms with Crippen LogP contribution in [-0.2, 0) is 0 Å². The molecule has 0 radical (unpaired) electrons. The molecule has 2 aromatic carbocycles. The first-order chi connectivity index (χ1) is 14.8. The molecule has 1 aliphatic rings. The van der Waals surface area contributed by atoms with Gasteiger partial charge in [0.1, 0.15) is 0 Å². The Balaban J connectivity index is 1.95. The molecule has 0 aliphatic carbocycles. The van der Waals surface area contributed by atoms with Crippen LogP contribution in [0.1, 0.15) is 49.0 Å². The van der Waals surface area contributed by atoms with Crippen LogP contribution in [0.25, 0.3) is 0 Å². The second-order valence-corrected chi connectivity index (χ2v) is 8.13. The Hall–Kier alpha value is -3.09. The Morgan fingerprint density at radius 2 is 1.58 bits per heavy atom. The zero-order valence-electron chi connectivity index (χ0n) is 19.2. The number of aryl methyl sites for hydroxylation is 1. The number of methoxy groups -OCH3 is 3. The number of hydrogen-bond acceptors (Lipinski definition) is 6. The topological polar surface area (TPSA) is 86.1 Å². The summed E-state index contributed by atoms with van der Waals surface area (Å²) in [5, 5.41) is 2.96. The zero-order chi connectivity index (χ0) is 22.7. The molecular formula is C24H33N3O4. The molecular weight excluding hydrogens is 394 g/mol. The van der Waals surface area contributed by atoms with Crippen LogP contribution in [0.3, 0.4) is 0 Å². The Bertz CT molecular complexity index is 925. The fourth-order valence-corrected chi connectivity index (χ4v) is 4.41. The lowest BCUT2D eigenvalue weighted by Crippen LogP contribution is -2.44. The second kappa shape index (κ2) is 9.37. The highest BCUT2D eigenvalue weighted by Crippen LogP contribution is 2.39. The largest absolute Gasteiger partial charge is 0.493 e. The maximum absolute atomic E-state index is 13.1. The van der Waals surface area contributed by atoms with Gasteiger partial charge in [0.2, 0.25) is 5.75 Å². The molecule has 2 aromatic rings. The van der Waals surface area contributed by atoms with Crippen molar-refractivity contribution in [2.75, 3.05) is 37.3 Å². The number of anilines is 3. The Kier molecular flexibility index (Phi) is 6.83. The average molecular weight is 428 g/mol. The lowest BCUT2D eigenvalue weighted by molar-refractivity contribution is 0.102. The fourth-order valence-electron chi connectivity index (χ4n) is 4.41. The third-order valence-corrected chi connectivity index (χ3v) is 6.01. The number of carbonyl (C=O) groups excluding carboxylic acids is 1. The van der Waals surface area contributed by atoms with Crippen LogP contribution in [-0.4, -0.2) is 39.3 Å². The van der Waals surface area contributed by atoms with Gasteiger partial charge in [0.25, 0.3) is 5.91 Å². The summed E-state index contributed by atoms with van der Waals surface area (Å²) in [5.74, 6) is 0.966. The van der Waals surface area contributed by atoms with Gasteiger partial charge in [0.05, 0.1) is 32.7 Å². The molecule has 2 unspecified atom stereocenters. The van der Waals surface area contributed by atoms with Crippen molar-refractivity contribution in [2.45, 2.75) is 52.1 Å². The van der Waals surface area contributed by atoms with Crippen molar-refractivity contribution in [2.24, 2.45) is 0 Å². The van der Waals surface area contributed by atoms with Gasteiger partial charge in [0.15, 0.2) is 11.5 Å². The van der Waals surface area contributed by atoms with Gasteiger partial charge in [-0.2, -0.15) is 0 Å². The lowest BCUT2D eigenvalue weighted by Gasteiger charge is -2.42. The molecule has 7 nitrogen and oxygen atoms in total. The van der Waals surface area contributed by atoms with E-state index in [9.17, 15) is 4.79 Å². The van der Waals surface area contributed by atoms with Gasteiger partial charge >= 0.3 is 0 Å². The van der Waals surface area contributed by atoms with E-state index in [1.165, 1.54) is 27.8 Å². The van der Waals surface area contributed by atoms with Crippen molar-refractivity contribution in [3.05, 3.63) is 35.4 Å². The predicted octanol–water partition coefficient (Wildman–Crippen LogP) is 4.62. The van der Waals surface area contributed by atoms with Crippen molar-refractivity contribution in [1.82, 2.24) is 0 Å². The highest BCUT2D eigenvalue weighted by atomic mass is 16.5. The van der Waals surface area contributed by atoms with Crippen molar-refractivity contribution in [3.63, 3.8) is 0 Å². The van der Waals surface area contributed by atoms with E-state index in [-0.39, 0.29) is 5.91 Å². The van der Waals surface area contributed by atoms with E-state index in [0.717, 1.165) is 24.1 Å². The molecule has 3 N–H and O–H groups in total. The normalized spacial score (nSPS) is 18.5. The van der Waals surface area contributed by atoms with Gasteiger partial charge in [-0.1, -0.05) is 0 Å². The SMILES string of the molecule is COc1cc(C(=O)Nc2cc(N3C(C)CCCC3C)c(C)cc2N)cc(OC)c1OC. The van der Waals surface area contributed by atoms with Crippen molar-refractivity contribution in [1.29, 1.82) is 0 Å². The number of rotatable bonds is 6. The van der Waals surface area contributed by atoms with Crippen LogP contribution in [0.5, 0.6) is 17.2 Å². The fraction of sp³-hybridized carbons (Fsp3) is 0.458. The first kappa shape index (κ1) is 22.6. The first-order valence-electron chi connectivity index (χ1n) is 10.6. The minimum Gasteiger partial charge on any atom is -0.493 e. The van der Waals surface area contributed by atoms with Crippen LogP contribution < -0.4 is 30.2 Å². The van der Waals surface area contributed by atoms with E-state index < -0.39 is 0 Å². The van der Waals surface area contributed by atoms with E-state index in [1.807, 2.05) is 12.1 Å². The molecule has 168 valence electrons. The molecule has 7 heteroatoms. The summed E-state index contributed by atoms with van der Waals surface area (Å²) in [4.78, 5) is 15.5. The molecule has 1 saturated heterocycles. The monoisotopic (exact) mass is 427 g/mol. The van der Waals surface area contributed by atoms with Gasteiger partial charge in [-0.15, -0.1) is 0 Å². The summed E-state index contributed by atoms with van der Waals surface area (Å²) < 4.78 is 16.1. The quantitative estimate of drug-likeness (QED) is 0.654. The Morgan fingerprint density at radius 1 is 1.00 bits per heavy atom. The highest BCUT2D eigenvalue weighted by Gasteiger charge is 2.27. The number of nitrogens with one attached hydrogen (secondary N) is 1. The molecule has 3 rings (SSSR count). The van der Waals surface area contributed by atoms with Crippen molar-refractivity contribution < 1.29 is 19.0 Å². The van der Waals surface area contributed by atoms with E-state index in [4.69, 9.17) is 19.9 Å². The van der Waals surface area contributed by atoms with E-state index in [0.29, 0.717) is 46.3 Å². The second-order valence-electron chi connectivity index (χ2n) is 8.13. The zero-order valence-corrected chi connectivity index (χ0v) is 19.2. The molecule has 2 atom stereocenters. The number of hydrogen-bond donors (Lipinski definition) is 2. The molecule has 1 aliphatic heterocycles. The van der Waals surface area contributed by atoms with Crippen LogP contribution in [0.15, 0.2) is 24.3 Å². The third-order valence-electron chi connectivity index (χ3n) is 6.01. The summed E-state index contributed by atoms with van der Waals surface area (Å²) in [6.07, 6.45) is 3.54. The molecule has 1 fully saturated rings. The van der Waals surface area contributed by atoms with Gasteiger partial charge in [-0.25, -0.2) is 0 Å². The number of ether oxygens (including phenoxy) is 3. The van der Waals surface area contributed by atoms with E-state index >= 15 is 0 Å². The summed E-state index contributed by atoms with van der Waals surface area (Å²) in [7, 11) is 4.56. The molecule has 1 amide bonds. The molecule has 0 bridgehead atoms. The number of benzene rings is 2. The van der Waals surface area contributed by atoms with Crippen LogP contribution >= 0.6 is 0 Å². The number of nitrogens with two attached hydrogens (primary N) is 1. The smallest absolute Gasteiger partial charge is 0.255 e. The lowest BCUT2D eigenvalue weighted by atomic mass is 9.95. The summed E-state index contributed by atoms with van der Waals surface area (Å²) in [6, 6.07) is 8.02. The molecule has 1 heterocycles. The van der Waals surface area contributed by atoms with E-state index in [1.54, 1.807) is 12.1 Å². The number of carbonyl (C=O) groups is 1. The Labute approximate surface area is 184 Å². The Morgan fingerprint density at radius 3 is 2.10 bits per heavy atom. The van der Waals surface area contributed by atoms with Gasteiger partial charge in [0, 0.05) is 23.3 Å². The number of piperidine rings is 1. The van der Waals surface area contributed by atoms with Crippen molar-refractivity contribution >= 4 is 23.0 Å². The summed E-state index contributed by atoms with van der Waals surface area (Å²) in [5.41, 5.74) is 9.98.